The number of sulfonamides is 1. The molecule has 2 aromatic rings. The summed E-state index contributed by atoms with van der Waals surface area (Å²) < 4.78 is 25.4. The van der Waals surface area contributed by atoms with Gasteiger partial charge in [-0.2, -0.15) is 0 Å². The molecule has 0 radical (unpaired) electrons. The van der Waals surface area contributed by atoms with Crippen molar-refractivity contribution in [1.29, 1.82) is 0 Å². The molecule has 5 nitrogen and oxygen atoms in total. The van der Waals surface area contributed by atoms with E-state index in [9.17, 15) is 13.2 Å². The predicted molar refractivity (Wildman–Crippen MR) is 85.3 cm³/mol. The number of benzene rings is 2. The van der Waals surface area contributed by atoms with Crippen molar-refractivity contribution in [3.63, 3.8) is 0 Å². The summed E-state index contributed by atoms with van der Waals surface area (Å²) in [6.07, 6.45) is 0. The maximum atomic E-state index is 12.0. The van der Waals surface area contributed by atoms with Crippen molar-refractivity contribution in [3.05, 3.63) is 64.7 Å². The number of amides is 1. The predicted octanol–water partition coefficient (Wildman–Crippen LogP) is 2.18. The molecule has 0 bridgehead atoms. The molecule has 1 amide bonds. The molecule has 0 aliphatic rings. The van der Waals surface area contributed by atoms with Gasteiger partial charge in [0.05, 0.1) is 4.90 Å². The summed E-state index contributed by atoms with van der Waals surface area (Å²) in [5, 5.41) is 3.40. The van der Waals surface area contributed by atoms with Gasteiger partial charge in [-0.25, -0.2) is 13.1 Å². The van der Waals surface area contributed by atoms with Crippen LogP contribution in [0.4, 0.5) is 0 Å². The Labute approximate surface area is 134 Å². The molecule has 0 fully saturated rings. The summed E-state index contributed by atoms with van der Waals surface area (Å²) in [6, 6.07) is 12.9. The smallest absolute Gasteiger partial charge is 0.251 e. The third-order valence-electron chi connectivity index (χ3n) is 3.06. The molecule has 0 aliphatic carbocycles. The Kier molecular flexibility index (Phi) is 5.18. The minimum absolute atomic E-state index is 0.115. The Hall–Kier alpha value is -1.89. The molecule has 2 aromatic carbocycles. The van der Waals surface area contributed by atoms with Crippen LogP contribution >= 0.6 is 11.6 Å². The minimum Gasteiger partial charge on any atom is -0.348 e. The fourth-order valence-electron chi connectivity index (χ4n) is 1.79. The first-order valence-corrected chi connectivity index (χ1v) is 8.35. The third kappa shape index (κ3) is 4.07. The highest BCUT2D eigenvalue weighted by Crippen LogP contribution is 2.11. The second-order valence-corrected chi connectivity index (χ2v) is 6.86. The van der Waals surface area contributed by atoms with Crippen molar-refractivity contribution in [1.82, 2.24) is 10.0 Å². The van der Waals surface area contributed by atoms with Crippen LogP contribution in [0.2, 0.25) is 5.02 Å². The van der Waals surface area contributed by atoms with Gasteiger partial charge in [-0.1, -0.05) is 23.7 Å². The molecule has 2 N–H and O–H groups in total. The van der Waals surface area contributed by atoms with Crippen molar-refractivity contribution in [2.75, 3.05) is 7.05 Å². The van der Waals surface area contributed by atoms with Crippen molar-refractivity contribution in [2.24, 2.45) is 0 Å². The van der Waals surface area contributed by atoms with Crippen molar-refractivity contribution >= 4 is 27.5 Å². The molecular weight excluding hydrogens is 324 g/mol. The number of carbonyl (C=O) groups is 1. The van der Waals surface area contributed by atoms with E-state index in [0.29, 0.717) is 17.1 Å². The highest BCUT2D eigenvalue weighted by Gasteiger charge is 2.12. The van der Waals surface area contributed by atoms with Crippen LogP contribution in [-0.4, -0.2) is 21.4 Å². The van der Waals surface area contributed by atoms with Gasteiger partial charge in [0, 0.05) is 17.1 Å². The number of nitrogens with one attached hydrogen (secondary N) is 2. The highest BCUT2D eigenvalue weighted by molar-refractivity contribution is 7.89. The molecule has 0 atom stereocenters. The molecule has 0 heterocycles. The van der Waals surface area contributed by atoms with E-state index in [1.54, 1.807) is 12.1 Å². The van der Waals surface area contributed by atoms with Crippen LogP contribution < -0.4 is 10.0 Å². The van der Waals surface area contributed by atoms with Gasteiger partial charge in [-0.3, -0.25) is 4.79 Å². The number of hydrogen-bond acceptors (Lipinski definition) is 3. The maximum absolute atomic E-state index is 12.0. The molecule has 2 rings (SSSR count). The lowest BCUT2D eigenvalue weighted by molar-refractivity contribution is 0.0951. The Morgan fingerprint density at radius 3 is 2.18 bits per heavy atom. The van der Waals surface area contributed by atoms with E-state index in [0.717, 1.165) is 5.56 Å². The molecule has 116 valence electrons. The third-order valence-corrected chi connectivity index (χ3v) is 4.74. The number of carbonyl (C=O) groups excluding carboxylic acids is 1. The molecule has 7 heteroatoms. The molecule has 0 spiro atoms. The van der Waals surface area contributed by atoms with E-state index in [-0.39, 0.29) is 10.8 Å². The van der Waals surface area contributed by atoms with Crippen LogP contribution in [0, 0.1) is 0 Å². The van der Waals surface area contributed by atoms with Crippen molar-refractivity contribution in [3.8, 4) is 0 Å². The van der Waals surface area contributed by atoms with Crippen LogP contribution in [0.3, 0.4) is 0 Å². The van der Waals surface area contributed by atoms with Gasteiger partial charge in [0.1, 0.15) is 0 Å². The first-order chi connectivity index (χ1) is 10.4. The van der Waals surface area contributed by atoms with Crippen LogP contribution in [-0.2, 0) is 16.6 Å². The van der Waals surface area contributed by atoms with E-state index in [1.165, 1.54) is 31.3 Å². The summed E-state index contributed by atoms with van der Waals surface area (Å²) in [4.78, 5) is 12.1. The SMILES string of the molecule is CNS(=O)(=O)c1ccc(C(=O)NCc2ccc(Cl)cc2)cc1. The summed E-state index contributed by atoms with van der Waals surface area (Å²) in [5.74, 6) is -0.275. The molecule has 0 saturated heterocycles. The average Bonchev–Trinajstić information content (AvgIpc) is 2.54. The summed E-state index contributed by atoms with van der Waals surface area (Å²) in [7, 11) is -2.16. The molecule has 22 heavy (non-hydrogen) atoms. The monoisotopic (exact) mass is 338 g/mol. The lowest BCUT2D eigenvalue weighted by atomic mass is 10.2. The van der Waals surface area contributed by atoms with Gasteiger partial charge in [0.15, 0.2) is 0 Å². The summed E-state index contributed by atoms with van der Waals surface area (Å²) >= 11 is 5.79. The summed E-state index contributed by atoms with van der Waals surface area (Å²) in [5.41, 5.74) is 1.32. The van der Waals surface area contributed by atoms with Gasteiger partial charge in [0.25, 0.3) is 5.91 Å². The fraction of sp³-hybridized carbons (Fsp3) is 0.133. The Morgan fingerprint density at radius 2 is 1.64 bits per heavy atom. The van der Waals surface area contributed by atoms with E-state index in [2.05, 4.69) is 10.0 Å². The fourth-order valence-corrected chi connectivity index (χ4v) is 2.65. The van der Waals surface area contributed by atoms with Gasteiger partial charge >= 0.3 is 0 Å². The lowest BCUT2D eigenvalue weighted by Crippen LogP contribution is -2.23. The van der Waals surface area contributed by atoms with Gasteiger partial charge < -0.3 is 5.32 Å². The van der Waals surface area contributed by atoms with Crippen molar-refractivity contribution in [2.45, 2.75) is 11.4 Å². The minimum atomic E-state index is -3.49. The van der Waals surface area contributed by atoms with Gasteiger partial charge in [-0.15, -0.1) is 0 Å². The van der Waals surface area contributed by atoms with Crippen LogP contribution in [0.15, 0.2) is 53.4 Å². The quantitative estimate of drug-likeness (QED) is 0.877. The van der Waals surface area contributed by atoms with Gasteiger partial charge in [-0.05, 0) is 49.0 Å². The first kappa shape index (κ1) is 16.5. The highest BCUT2D eigenvalue weighted by atomic mass is 35.5. The van der Waals surface area contributed by atoms with Crippen molar-refractivity contribution < 1.29 is 13.2 Å². The Morgan fingerprint density at radius 1 is 1.05 bits per heavy atom. The van der Waals surface area contributed by atoms with E-state index < -0.39 is 10.0 Å². The second-order valence-electron chi connectivity index (χ2n) is 4.54. The summed E-state index contributed by atoms with van der Waals surface area (Å²) in [6.45, 7) is 0.368. The maximum Gasteiger partial charge on any atom is 0.251 e. The lowest BCUT2D eigenvalue weighted by Gasteiger charge is -2.07. The second kappa shape index (κ2) is 6.91. The number of halogens is 1. The topological polar surface area (TPSA) is 75.3 Å². The first-order valence-electron chi connectivity index (χ1n) is 6.48. The van der Waals surface area contributed by atoms with Crippen LogP contribution in [0.25, 0.3) is 0 Å². The molecule has 0 saturated carbocycles. The normalized spacial score (nSPS) is 11.2. The van der Waals surface area contributed by atoms with Crippen LogP contribution in [0.1, 0.15) is 15.9 Å². The number of hydrogen-bond donors (Lipinski definition) is 2. The standard InChI is InChI=1S/C15H15ClN2O3S/c1-17-22(20,21)14-8-4-12(5-9-14)15(19)18-10-11-2-6-13(16)7-3-11/h2-9,17H,10H2,1H3,(H,18,19). The molecule has 0 aliphatic heterocycles. The molecular formula is C15H15ClN2O3S. The molecule has 0 unspecified atom stereocenters. The zero-order valence-corrected chi connectivity index (χ0v) is 13.4. The van der Waals surface area contributed by atoms with E-state index >= 15 is 0 Å². The number of rotatable bonds is 5. The largest absolute Gasteiger partial charge is 0.348 e. The Balaban J connectivity index is 2.02. The zero-order chi connectivity index (χ0) is 16.2. The zero-order valence-electron chi connectivity index (χ0n) is 11.8. The van der Waals surface area contributed by atoms with Gasteiger partial charge in [0.2, 0.25) is 10.0 Å². The van der Waals surface area contributed by atoms with E-state index in [1.807, 2.05) is 12.1 Å². The molecule has 0 aromatic heterocycles. The average molecular weight is 339 g/mol. The van der Waals surface area contributed by atoms with E-state index in [4.69, 9.17) is 11.6 Å². The van der Waals surface area contributed by atoms with Crippen LogP contribution in [0.5, 0.6) is 0 Å². The Bertz CT molecular complexity index is 756.